The number of carboxylic acids is 1. The fourth-order valence-corrected chi connectivity index (χ4v) is 1.66. The molecule has 0 heterocycles. The molecule has 0 aliphatic heterocycles. The number of aliphatic carboxylic acids is 1. The molecule has 11 nitrogen and oxygen atoms in total. The lowest BCUT2D eigenvalue weighted by molar-refractivity contribution is -0.160. The Kier molecular flexibility index (Phi) is 15.0. The van der Waals surface area contributed by atoms with Crippen LogP contribution in [0.25, 0.3) is 0 Å². The number of nitrogens with two attached hydrogens (primary N) is 4. The van der Waals surface area contributed by atoms with Crippen LogP contribution in [0.1, 0.15) is 40.5 Å². The summed E-state index contributed by atoms with van der Waals surface area (Å²) < 4.78 is 9.01. The number of hydrogen-bond acceptors (Lipinski definition) is 10. The van der Waals surface area contributed by atoms with E-state index in [1.807, 2.05) is 27.7 Å². The first-order valence-electron chi connectivity index (χ1n) is 8.97. The van der Waals surface area contributed by atoms with Gasteiger partial charge in [0, 0.05) is 0 Å². The molecule has 0 bridgehead atoms. The number of carbonyl (C=O) groups is 4. The predicted molar refractivity (Wildman–Crippen MR) is 102 cm³/mol. The van der Waals surface area contributed by atoms with Gasteiger partial charge in [-0.1, -0.05) is 34.1 Å². The van der Waals surface area contributed by atoms with Crippen LogP contribution < -0.4 is 22.9 Å². The fourth-order valence-electron chi connectivity index (χ4n) is 1.66. The fraction of sp³-hybridized carbons (Fsp3) is 0.765. The SMILES string of the molecule is CC(C)C[C@H](N)C(=O)OC[C@H](N)C(=O)O.CC[C@H](C)[C@H](N)C(=O)OC(=O)CN. The lowest BCUT2D eigenvalue weighted by Gasteiger charge is -2.15. The highest BCUT2D eigenvalue weighted by Crippen LogP contribution is 2.06. The van der Waals surface area contributed by atoms with E-state index < -0.39 is 42.0 Å². The molecule has 28 heavy (non-hydrogen) atoms. The third-order valence-corrected chi connectivity index (χ3v) is 3.66. The van der Waals surface area contributed by atoms with E-state index in [0.717, 1.165) is 6.42 Å². The van der Waals surface area contributed by atoms with Crippen LogP contribution in [0.15, 0.2) is 0 Å². The summed E-state index contributed by atoms with van der Waals surface area (Å²) in [6.45, 7) is 6.92. The first kappa shape index (κ1) is 28.1. The van der Waals surface area contributed by atoms with E-state index in [9.17, 15) is 19.2 Å². The van der Waals surface area contributed by atoms with Crippen molar-refractivity contribution in [3.05, 3.63) is 0 Å². The molecule has 0 aromatic carbocycles. The molecule has 0 radical (unpaired) electrons. The van der Waals surface area contributed by atoms with Crippen LogP contribution in [0.4, 0.5) is 0 Å². The maximum absolute atomic E-state index is 11.2. The summed E-state index contributed by atoms with van der Waals surface area (Å²) in [4.78, 5) is 43.2. The van der Waals surface area contributed by atoms with Crippen molar-refractivity contribution >= 4 is 23.9 Å². The number of rotatable bonds is 10. The normalized spacial score (nSPS) is 14.8. The van der Waals surface area contributed by atoms with Gasteiger partial charge in [-0.05, 0) is 18.3 Å². The molecule has 0 saturated heterocycles. The van der Waals surface area contributed by atoms with Crippen LogP contribution in [-0.2, 0) is 28.7 Å². The second-order valence-corrected chi connectivity index (χ2v) is 6.72. The van der Waals surface area contributed by atoms with Crippen molar-refractivity contribution in [3.8, 4) is 0 Å². The minimum atomic E-state index is -1.21. The quantitative estimate of drug-likeness (QED) is 0.212. The molecule has 0 aromatic rings. The lowest BCUT2D eigenvalue weighted by atomic mass is 10.0. The Morgan fingerprint density at radius 1 is 0.964 bits per heavy atom. The third-order valence-electron chi connectivity index (χ3n) is 3.66. The average molecular weight is 406 g/mol. The Balaban J connectivity index is 0. The summed E-state index contributed by atoms with van der Waals surface area (Å²) >= 11 is 0. The Bertz CT molecular complexity index is 514. The van der Waals surface area contributed by atoms with Crippen molar-refractivity contribution in [2.24, 2.45) is 34.8 Å². The van der Waals surface area contributed by atoms with E-state index in [1.165, 1.54) is 0 Å². The molecule has 0 rings (SSSR count). The summed E-state index contributed by atoms with van der Waals surface area (Å²) in [6, 6.07) is -2.66. The van der Waals surface area contributed by atoms with E-state index in [0.29, 0.717) is 6.42 Å². The molecule has 4 atom stereocenters. The van der Waals surface area contributed by atoms with Gasteiger partial charge in [-0.3, -0.25) is 14.4 Å². The lowest BCUT2D eigenvalue weighted by Crippen LogP contribution is -2.40. The number of esters is 3. The van der Waals surface area contributed by atoms with Gasteiger partial charge in [0.05, 0.1) is 6.54 Å². The average Bonchev–Trinajstić information content (AvgIpc) is 2.63. The smallest absolute Gasteiger partial charge is 0.330 e. The largest absolute Gasteiger partial charge is 0.480 e. The van der Waals surface area contributed by atoms with Crippen molar-refractivity contribution < 1.29 is 33.8 Å². The number of carbonyl (C=O) groups excluding carboxylic acids is 3. The highest BCUT2D eigenvalue weighted by molar-refractivity contribution is 5.89. The first-order chi connectivity index (χ1) is 12.9. The molecule has 164 valence electrons. The zero-order valence-electron chi connectivity index (χ0n) is 16.9. The van der Waals surface area contributed by atoms with Gasteiger partial charge in [-0.15, -0.1) is 0 Å². The van der Waals surface area contributed by atoms with Crippen molar-refractivity contribution in [2.75, 3.05) is 13.2 Å². The van der Waals surface area contributed by atoms with Gasteiger partial charge >= 0.3 is 23.9 Å². The third kappa shape index (κ3) is 13.1. The molecule has 0 saturated carbocycles. The minimum absolute atomic E-state index is 0.00178. The Morgan fingerprint density at radius 2 is 1.50 bits per heavy atom. The highest BCUT2D eigenvalue weighted by Gasteiger charge is 2.23. The van der Waals surface area contributed by atoms with E-state index in [-0.39, 0.29) is 25.0 Å². The van der Waals surface area contributed by atoms with Crippen molar-refractivity contribution in [2.45, 2.75) is 58.7 Å². The topological polar surface area (TPSA) is 211 Å². The summed E-state index contributed by atoms with van der Waals surface area (Å²) in [6.07, 6.45) is 1.26. The minimum Gasteiger partial charge on any atom is -0.480 e. The van der Waals surface area contributed by atoms with Crippen molar-refractivity contribution in [1.29, 1.82) is 0 Å². The summed E-state index contributed by atoms with van der Waals surface area (Å²) in [5, 5.41) is 8.43. The molecular formula is C17H34N4O7. The van der Waals surface area contributed by atoms with E-state index in [1.54, 1.807) is 0 Å². The van der Waals surface area contributed by atoms with Crippen LogP contribution in [0.3, 0.4) is 0 Å². The van der Waals surface area contributed by atoms with Gasteiger partial charge in [-0.2, -0.15) is 0 Å². The van der Waals surface area contributed by atoms with Gasteiger partial charge in [-0.25, -0.2) is 4.79 Å². The number of carboxylic acid groups (broad SMARTS) is 1. The molecule has 9 N–H and O–H groups in total. The molecule has 11 heteroatoms. The second-order valence-electron chi connectivity index (χ2n) is 6.72. The van der Waals surface area contributed by atoms with Crippen LogP contribution in [0.2, 0.25) is 0 Å². The standard InChI is InChI=1S/C9H18N2O4.C8H16N2O3/c1-5(2)3-6(10)9(14)15-4-7(11)8(12)13;1-3-5(2)7(10)8(12)13-6(11)4-9/h5-7H,3-4,10-11H2,1-2H3,(H,12,13);5,7H,3-4,9-10H2,1-2H3/t6-,7-;5-,7-/m00/s1. The van der Waals surface area contributed by atoms with E-state index in [2.05, 4.69) is 9.47 Å². The van der Waals surface area contributed by atoms with Gasteiger partial charge in [0.2, 0.25) is 0 Å². The Morgan fingerprint density at radius 3 is 1.89 bits per heavy atom. The first-order valence-corrected chi connectivity index (χ1v) is 8.97. The predicted octanol–water partition coefficient (Wildman–Crippen LogP) is -1.30. The van der Waals surface area contributed by atoms with Gasteiger partial charge in [0.1, 0.15) is 24.7 Å². The zero-order valence-corrected chi connectivity index (χ0v) is 16.9. The molecule has 0 amide bonds. The maximum atomic E-state index is 11.2. The molecule has 0 aliphatic carbocycles. The molecule has 0 aliphatic rings. The summed E-state index contributed by atoms with van der Waals surface area (Å²) in [5.74, 6) is -2.99. The summed E-state index contributed by atoms with van der Waals surface area (Å²) in [5.41, 5.74) is 21.1. The molecule has 0 unspecified atom stereocenters. The maximum Gasteiger partial charge on any atom is 0.330 e. The number of hydrogen-bond donors (Lipinski definition) is 5. The Labute approximate surface area is 165 Å². The van der Waals surface area contributed by atoms with Crippen LogP contribution >= 0.6 is 0 Å². The molecule has 0 aromatic heterocycles. The number of ether oxygens (including phenoxy) is 2. The van der Waals surface area contributed by atoms with Crippen LogP contribution in [0.5, 0.6) is 0 Å². The molecular weight excluding hydrogens is 372 g/mol. The van der Waals surface area contributed by atoms with Crippen molar-refractivity contribution in [1.82, 2.24) is 0 Å². The zero-order chi connectivity index (χ0) is 22.4. The molecule has 0 spiro atoms. The highest BCUT2D eigenvalue weighted by atomic mass is 16.6. The van der Waals surface area contributed by atoms with E-state index in [4.69, 9.17) is 28.0 Å². The monoisotopic (exact) mass is 406 g/mol. The Hall–Kier alpha value is -2.08. The van der Waals surface area contributed by atoms with E-state index >= 15 is 0 Å². The van der Waals surface area contributed by atoms with Gasteiger partial charge in [0.15, 0.2) is 0 Å². The van der Waals surface area contributed by atoms with Crippen LogP contribution in [-0.4, -0.2) is 60.3 Å². The van der Waals surface area contributed by atoms with Gasteiger partial charge in [0.25, 0.3) is 0 Å². The van der Waals surface area contributed by atoms with Crippen LogP contribution in [0, 0.1) is 11.8 Å². The van der Waals surface area contributed by atoms with Crippen molar-refractivity contribution in [3.63, 3.8) is 0 Å². The molecule has 0 fully saturated rings. The second kappa shape index (κ2) is 14.9. The summed E-state index contributed by atoms with van der Waals surface area (Å²) in [7, 11) is 0. The van der Waals surface area contributed by atoms with Gasteiger partial charge < -0.3 is 37.5 Å².